The van der Waals surface area contributed by atoms with Gasteiger partial charge in [-0.15, -0.1) is 0 Å². The van der Waals surface area contributed by atoms with Crippen molar-refractivity contribution >= 4 is 0 Å². The van der Waals surface area contributed by atoms with E-state index in [9.17, 15) is 71.5 Å². The van der Waals surface area contributed by atoms with Crippen molar-refractivity contribution in [3.05, 3.63) is 12.2 Å². The van der Waals surface area contributed by atoms with Crippen LogP contribution in [-0.4, -0.2) is 232 Å². The van der Waals surface area contributed by atoms with Crippen molar-refractivity contribution < 1.29 is 109 Å². The van der Waals surface area contributed by atoms with Crippen LogP contribution in [0.2, 0.25) is 0 Å². The Hall–Kier alpha value is -1.14. The normalized spacial score (nSPS) is 58.7. The summed E-state index contributed by atoms with van der Waals surface area (Å²) in [6, 6.07) is 0. The first-order valence-electron chi connectivity index (χ1n) is 27.8. The molecule has 1 spiro atoms. The van der Waals surface area contributed by atoms with Crippen LogP contribution < -0.4 is 0 Å². The molecular formula is C54H88O22. The molecule has 5 aliphatic heterocycles. The Morgan fingerprint density at radius 3 is 1.70 bits per heavy atom. The first-order valence-corrected chi connectivity index (χ1v) is 27.8. The summed E-state index contributed by atoms with van der Waals surface area (Å²) in [7, 11) is 0. The molecule has 0 aromatic carbocycles. The van der Waals surface area contributed by atoms with Crippen LogP contribution in [0.4, 0.5) is 0 Å². The smallest absolute Gasteiger partial charge is 0.204 e. The van der Waals surface area contributed by atoms with E-state index < -0.39 is 171 Å². The highest BCUT2D eigenvalue weighted by Gasteiger charge is 2.78. The number of hydrogen-bond acceptors (Lipinski definition) is 22. The molecule has 436 valence electrons. The zero-order valence-electron chi connectivity index (χ0n) is 44.9. The SMILES string of the molecule is C[C@H]1O[C@](O[C@@H]2O[C@H](CO)[C@@H](O)[C@H](O)[C@H]2O[C@@H]2O[C@H](CO)[C@@H](O)[C@H](O)[C@H]2O)(C2CC[C@@]3(C)C(CC[C@]4(C)C3C=CC35OCC6(CCC(C)(C)CC63)CC[C@]54C)C2(C)CO)[C@H](O[C@@H]2O[C@H](CO)[C@@H](O)[C@H](O)[C@H]2O)[C@@H](O)[C@@H]1O. The lowest BCUT2D eigenvalue weighted by Gasteiger charge is -2.73. The maximum Gasteiger partial charge on any atom is 0.204 e. The van der Waals surface area contributed by atoms with Gasteiger partial charge in [0.05, 0.1) is 38.1 Å². The monoisotopic (exact) mass is 1090 g/mol. The molecule has 10 aliphatic rings. The molecule has 76 heavy (non-hydrogen) atoms. The lowest BCUT2D eigenvalue weighted by Crippen LogP contribution is -2.76. The van der Waals surface area contributed by atoms with E-state index >= 15 is 0 Å². The third-order valence-electron chi connectivity index (χ3n) is 22.5. The quantitative estimate of drug-likeness (QED) is 0.100. The number of allylic oxidation sites excluding steroid dienone is 1. The second kappa shape index (κ2) is 20.0. The molecule has 7 unspecified atom stereocenters. The average Bonchev–Trinajstić information content (AvgIpc) is 3.63. The zero-order chi connectivity index (χ0) is 55.2. The number of hydrogen-bond donors (Lipinski definition) is 14. The minimum atomic E-state index is -2.52. The molecule has 14 N–H and O–H groups in total. The third-order valence-corrected chi connectivity index (χ3v) is 22.5. The van der Waals surface area contributed by atoms with Gasteiger partial charge in [0.1, 0.15) is 91.6 Å². The van der Waals surface area contributed by atoms with Crippen LogP contribution in [-0.2, 0) is 37.9 Å². The highest BCUT2D eigenvalue weighted by Crippen LogP contribution is 2.80. The first-order chi connectivity index (χ1) is 35.6. The van der Waals surface area contributed by atoms with Gasteiger partial charge in [-0.05, 0) is 98.2 Å². The van der Waals surface area contributed by atoms with Crippen LogP contribution in [0.25, 0.3) is 0 Å². The molecule has 0 aromatic heterocycles. The molecule has 5 aliphatic carbocycles. The average molecular weight is 1090 g/mol. The second-order valence-corrected chi connectivity index (χ2v) is 26.7. The van der Waals surface area contributed by atoms with Crippen molar-refractivity contribution in [2.45, 2.75) is 234 Å². The molecule has 9 fully saturated rings. The van der Waals surface area contributed by atoms with Gasteiger partial charge in [0.2, 0.25) is 5.79 Å². The molecule has 22 heteroatoms. The summed E-state index contributed by atoms with van der Waals surface area (Å²) in [5, 5.41) is 156. The molecule has 0 amide bonds. The lowest BCUT2D eigenvalue weighted by molar-refractivity contribution is -0.469. The van der Waals surface area contributed by atoms with Gasteiger partial charge in [0.15, 0.2) is 18.9 Å². The largest absolute Gasteiger partial charge is 0.396 e. The van der Waals surface area contributed by atoms with Crippen LogP contribution in [0, 0.1) is 56.2 Å². The molecule has 10 rings (SSSR count). The van der Waals surface area contributed by atoms with Crippen molar-refractivity contribution in [3.63, 3.8) is 0 Å². The fourth-order valence-electron chi connectivity index (χ4n) is 17.8. The van der Waals surface area contributed by atoms with Gasteiger partial charge in [-0.25, -0.2) is 0 Å². The summed E-state index contributed by atoms with van der Waals surface area (Å²) in [4.78, 5) is 0. The van der Waals surface area contributed by atoms with Crippen molar-refractivity contribution in [2.75, 3.05) is 33.0 Å². The Balaban J connectivity index is 1.08. The van der Waals surface area contributed by atoms with Crippen molar-refractivity contribution in [1.82, 2.24) is 0 Å². The number of rotatable bonds is 11. The van der Waals surface area contributed by atoms with Crippen molar-refractivity contribution in [3.8, 4) is 0 Å². The third kappa shape index (κ3) is 8.23. The fourth-order valence-corrected chi connectivity index (χ4v) is 17.8. The standard InChI is InChI=1S/C54H88O22/c1-24-32(59)39(66)43(74-45-41(68)37(64)34(61)26(20-56)71-45)54(75-24,76-46-42(38(65)35(62)27(21-57)72-46)73-44-40(67)36(63)33(60)25(19-55)70-44)30-8-11-48(4)28(49(30,5)22-58)9-12-50(6)29(48)10-13-53-31-18-47(2,3)14-16-52(31,23-69-53)17-15-51(50,53)7/h10,13,24-46,55-68H,8-9,11-12,14-23H2,1-7H3/t24-,25-,26-,27-,28?,29?,30?,31?,32-,33-,34-,35-,36+,37+,38+,39+,40-,41-,42-,43-,44+,45+,46+,48+,49?,50-,51+,52?,53?,54+/m1/s1. The molecule has 4 saturated carbocycles. The fraction of sp³-hybridized carbons (Fsp3) is 0.963. The summed E-state index contributed by atoms with van der Waals surface area (Å²) in [5.41, 5.74) is -2.55. The van der Waals surface area contributed by atoms with Crippen LogP contribution in [0.5, 0.6) is 0 Å². The Morgan fingerprint density at radius 2 is 1.11 bits per heavy atom. The van der Waals surface area contributed by atoms with E-state index in [1.807, 2.05) is 6.92 Å². The van der Waals surface area contributed by atoms with E-state index in [4.69, 9.17) is 37.9 Å². The second-order valence-electron chi connectivity index (χ2n) is 26.7. The number of aliphatic hydroxyl groups is 14. The zero-order valence-corrected chi connectivity index (χ0v) is 44.9. The molecule has 22 nitrogen and oxygen atoms in total. The maximum atomic E-state index is 12.5. The van der Waals surface area contributed by atoms with Crippen molar-refractivity contribution in [2.24, 2.45) is 56.2 Å². The number of aliphatic hydroxyl groups excluding tert-OH is 14. The van der Waals surface area contributed by atoms with Gasteiger partial charge in [0.25, 0.3) is 0 Å². The molecule has 30 atom stereocenters. The van der Waals surface area contributed by atoms with Gasteiger partial charge < -0.3 is 109 Å². The first kappa shape index (κ1) is 58.1. The summed E-state index contributed by atoms with van der Waals surface area (Å²) in [6.45, 7) is 12.8. The minimum Gasteiger partial charge on any atom is -0.396 e. The summed E-state index contributed by atoms with van der Waals surface area (Å²) in [5.74, 6) is -3.67. The molecule has 2 bridgehead atoms. The minimum absolute atomic E-state index is 0.0360. The molecule has 0 radical (unpaired) electrons. The molecule has 5 heterocycles. The predicted octanol–water partition coefficient (Wildman–Crippen LogP) is -1.95. The van der Waals surface area contributed by atoms with Gasteiger partial charge in [-0.1, -0.05) is 53.7 Å². The molecule has 0 aromatic rings. The summed E-state index contributed by atoms with van der Waals surface area (Å²) < 4.78 is 51.7. The van der Waals surface area contributed by atoms with Crippen molar-refractivity contribution in [1.29, 1.82) is 0 Å². The van der Waals surface area contributed by atoms with Gasteiger partial charge in [-0.3, -0.25) is 0 Å². The number of fused-ring (bicyclic) bond motifs is 4. The Labute approximate surface area is 443 Å². The molecular weight excluding hydrogens is 1000 g/mol. The summed E-state index contributed by atoms with van der Waals surface area (Å²) in [6.07, 6.45) is -23.1. The van der Waals surface area contributed by atoms with Crippen LogP contribution in [0.1, 0.15) is 106 Å². The van der Waals surface area contributed by atoms with E-state index in [1.165, 1.54) is 6.92 Å². The van der Waals surface area contributed by atoms with Crippen LogP contribution in [0.15, 0.2) is 12.2 Å². The summed E-state index contributed by atoms with van der Waals surface area (Å²) >= 11 is 0. The highest BCUT2D eigenvalue weighted by atomic mass is 16.8. The van der Waals surface area contributed by atoms with E-state index in [-0.39, 0.29) is 39.9 Å². The Bertz CT molecular complexity index is 2120. The van der Waals surface area contributed by atoms with E-state index in [2.05, 4.69) is 46.8 Å². The van der Waals surface area contributed by atoms with E-state index in [1.54, 1.807) is 0 Å². The Kier molecular flexibility index (Phi) is 15.3. The number of ether oxygens (including phenoxy) is 8. The van der Waals surface area contributed by atoms with Gasteiger partial charge in [-0.2, -0.15) is 0 Å². The molecule has 5 saturated heterocycles. The Morgan fingerprint density at radius 1 is 0.553 bits per heavy atom. The lowest BCUT2D eigenvalue weighted by atomic mass is 9.31. The van der Waals surface area contributed by atoms with Crippen LogP contribution >= 0.6 is 0 Å². The topological polar surface area (TPSA) is 357 Å². The van der Waals surface area contributed by atoms with Gasteiger partial charge >= 0.3 is 0 Å². The predicted molar refractivity (Wildman–Crippen MR) is 260 cm³/mol. The van der Waals surface area contributed by atoms with E-state index in [0.717, 1.165) is 45.1 Å². The van der Waals surface area contributed by atoms with E-state index in [0.29, 0.717) is 18.8 Å². The maximum absolute atomic E-state index is 12.5. The highest BCUT2D eigenvalue weighted by molar-refractivity contribution is 5.35. The van der Waals surface area contributed by atoms with Crippen LogP contribution in [0.3, 0.4) is 0 Å². The van der Waals surface area contributed by atoms with Gasteiger partial charge in [0, 0.05) is 29.3 Å².